The van der Waals surface area contributed by atoms with Crippen LogP contribution in [0.25, 0.3) is 0 Å². The first kappa shape index (κ1) is 17.6. The van der Waals surface area contributed by atoms with Gasteiger partial charge >= 0.3 is 0 Å². The lowest BCUT2D eigenvalue weighted by Crippen LogP contribution is -2.39. The number of amides is 1. The highest BCUT2D eigenvalue weighted by molar-refractivity contribution is 6.30. The van der Waals surface area contributed by atoms with Gasteiger partial charge in [-0.2, -0.15) is 0 Å². The topological polar surface area (TPSA) is 38.8 Å². The van der Waals surface area contributed by atoms with Crippen LogP contribution in [0.1, 0.15) is 18.4 Å². The second-order valence-electron chi connectivity index (χ2n) is 6.18. The first-order valence-corrected chi connectivity index (χ1v) is 8.84. The Morgan fingerprint density at radius 2 is 2.00 bits per heavy atom. The molecule has 1 amide bonds. The third kappa shape index (κ3) is 4.67. The summed E-state index contributed by atoms with van der Waals surface area (Å²) in [5, 5.41) is 0.650. The van der Waals surface area contributed by atoms with Gasteiger partial charge in [-0.15, -0.1) is 0 Å². The van der Waals surface area contributed by atoms with Crippen LogP contribution in [-0.2, 0) is 11.2 Å². The molecule has 0 radical (unpaired) electrons. The van der Waals surface area contributed by atoms with Gasteiger partial charge in [0.15, 0.2) is 6.61 Å². The van der Waals surface area contributed by atoms with Gasteiger partial charge in [0.25, 0.3) is 5.91 Å². The Balaban J connectivity index is 1.58. The number of methoxy groups -OCH3 is 1. The van der Waals surface area contributed by atoms with Crippen molar-refractivity contribution in [3.05, 3.63) is 59.1 Å². The molecule has 1 unspecified atom stereocenters. The molecule has 1 atom stereocenters. The minimum absolute atomic E-state index is 0.0281. The molecule has 5 heteroatoms. The van der Waals surface area contributed by atoms with Crippen molar-refractivity contribution in [1.29, 1.82) is 0 Å². The number of carbonyl (C=O) groups excluding carboxylic acids is 1. The number of rotatable bonds is 6. The third-order valence-electron chi connectivity index (χ3n) is 4.48. The smallest absolute Gasteiger partial charge is 0.260 e. The zero-order valence-electron chi connectivity index (χ0n) is 14.3. The number of halogens is 1. The molecule has 25 heavy (non-hydrogen) atoms. The largest absolute Gasteiger partial charge is 0.497 e. The average molecular weight is 360 g/mol. The van der Waals surface area contributed by atoms with E-state index in [2.05, 4.69) is 6.07 Å². The van der Waals surface area contributed by atoms with E-state index in [0.717, 1.165) is 31.6 Å². The monoisotopic (exact) mass is 359 g/mol. The Bertz CT molecular complexity index is 717. The maximum Gasteiger partial charge on any atom is 0.260 e. The quantitative estimate of drug-likeness (QED) is 0.783. The number of benzene rings is 2. The van der Waals surface area contributed by atoms with Crippen LogP contribution in [0.2, 0.25) is 5.02 Å². The van der Waals surface area contributed by atoms with Crippen molar-refractivity contribution < 1.29 is 14.3 Å². The van der Waals surface area contributed by atoms with Crippen molar-refractivity contribution in [1.82, 2.24) is 4.90 Å². The van der Waals surface area contributed by atoms with Crippen molar-refractivity contribution in [2.75, 3.05) is 20.3 Å². The lowest BCUT2D eigenvalue weighted by atomic mass is 10.0. The lowest BCUT2D eigenvalue weighted by molar-refractivity contribution is -0.134. The van der Waals surface area contributed by atoms with Gasteiger partial charge in [-0.3, -0.25) is 4.79 Å². The Morgan fingerprint density at radius 1 is 1.20 bits per heavy atom. The molecule has 0 aliphatic carbocycles. The molecule has 0 saturated carbocycles. The molecular formula is C20H22ClNO3. The molecule has 3 rings (SSSR count). The second-order valence-corrected chi connectivity index (χ2v) is 6.62. The highest BCUT2D eigenvalue weighted by Gasteiger charge is 2.29. The molecule has 4 nitrogen and oxygen atoms in total. The summed E-state index contributed by atoms with van der Waals surface area (Å²) < 4.78 is 10.9. The molecule has 0 N–H and O–H groups in total. The molecule has 0 bridgehead atoms. The van der Waals surface area contributed by atoms with Gasteiger partial charge < -0.3 is 14.4 Å². The Labute approximate surface area is 153 Å². The molecule has 2 aromatic carbocycles. The molecular weight excluding hydrogens is 338 g/mol. The summed E-state index contributed by atoms with van der Waals surface area (Å²) in [6, 6.07) is 15.3. The number of nitrogens with zero attached hydrogens (tertiary/aromatic N) is 1. The fourth-order valence-corrected chi connectivity index (χ4v) is 3.33. The maximum absolute atomic E-state index is 12.6. The van der Waals surface area contributed by atoms with Gasteiger partial charge in [-0.25, -0.2) is 0 Å². The van der Waals surface area contributed by atoms with Crippen molar-refractivity contribution >= 4 is 17.5 Å². The molecule has 1 saturated heterocycles. The van der Waals surface area contributed by atoms with Gasteiger partial charge in [0.05, 0.1) is 7.11 Å². The van der Waals surface area contributed by atoms with Crippen molar-refractivity contribution in [3.8, 4) is 11.5 Å². The number of carbonyl (C=O) groups is 1. The molecule has 1 heterocycles. The lowest BCUT2D eigenvalue weighted by Gasteiger charge is -2.25. The van der Waals surface area contributed by atoms with Crippen molar-refractivity contribution in [2.45, 2.75) is 25.3 Å². The SMILES string of the molecule is COc1cccc(CC2CCCN2C(=O)COc2ccc(Cl)cc2)c1. The van der Waals surface area contributed by atoms with Gasteiger partial charge in [-0.05, 0) is 61.2 Å². The highest BCUT2D eigenvalue weighted by atomic mass is 35.5. The molecule has 1 fully saturated rings. The summed E-state index contributed by atoms with van der Waals surface area (Å²) in [6.07, 6.45) is 2.88. The summed E-state index contributed by atoms with van der Waals surface area (Å²) in [6.45, 7) is 0.841. The van der Waals surface area contributed by atoms with Crippen LogP contribution in [0.5, 0.6) is 11.5 Å². The van der Waals surface area contributed by atoms with Crippen LogP contribution in [0.4, 0.5) is 0 Å². The van der Waals surface area contributed by atoms with E-state index in [-0.39, 0.29) is 18.6 Å². The second kappa shape index (κ2) is 8.26. The number of hydrogen-bond donors (Lipinski definition) is 0. The molecule has 0 spiro atoms. The minimum atomic E-state index is 0.0281. The summed E-state index contributed by atoms with van der Waals surface area (Å²) in [5.41, 5.74) is 1.18. The van der Waals surface area contributed by atoms with E-state index in [1.807, 2.05) is 23.1 Å². The first-order chi connectivity index (χ1) is 12.2. The first-order valence-electron chi connectivity index (χ1n) is 8.46. The van der Waals surface area contributed by atoms with Crippen LogP contribution in [-0.4, -0.2) is 37.1 Å². The Hall–Kier alpha value is -2.20. The fraction of sp³-hybridized carbons (Fsp3) is 0.350. The van der Waals surface area contributed by atoms with Gasteiger partial charge in [-0.1, -0.05) is 23.7 Å². The van der Waals surface area contributed by atoms with Gasteiger partial charge in [0, 0.05) is 17.6 Å². The maximum atomic E-state index is 12.6. The van der Waals surface area contributed by atoms with Gasteiger partial charge in [0.2, 0.25) is 0 Å². The van der Waals surface area contributed by atoms with Crippen LogP contribution < -0.4 is 9.47 Å². The summed E-state index contributed by atoms with van der Waals surface area (Å²) >= 11 is 5.86. The van der Waals surface area contributed by atoms with E-state index >= 15 is 0 Å². The summed E-state index contributed by atoms with van der Waals surface area (Å²) in [5.74, 6) is 1.53. The zero-order valence-corrected chi connectivity index (χ0v) is 15.0. The van der Waals surface area contributed by atoms with E-state index in [1.165, 1.54) is 5.56 Å². The van der Waals surface area contributed by atoms with Crippen LogP contribution in [0.15, 0.2) is 48.5 Å². The predicted molar refractivity (Wildman–Crippen MR) is 98.4 cm³/mol. The Morgan fingerprint density at radius 3 is 2.76 bits per heavy atom. The van der Waals surface area contributed by atoms with Crippen LogP contribution >= 0.6 is 11.6 Å². The van der Waals surface area contributed by atoms with Crippen molar-refractivity contribution in [2.24, 2.45) is 0 Å². The summed E-state index contributed by atoms with van der Waals surface area (Å²) in [4.78, 5) is 14.5. The predicted octanol–water partition coefficient (Wildman–Crippen LogP) is 3.96. The Kier molecular flexibility index (Phi) is 5.82. The van der Waals surface area contributed by atoms with E-state index in [4.69, 9.17) is 21.1 Å². The number of likely N-dealkylation sites (tertiary alicyclic amines) is 1. The molecule has 132 valence electrons. The van der Waals surface area contributed by atoms with E-state index < -0.39 is 0 Å². The van der Waals surface area contributed by atoms with Gasteiger partial charge in [0.1, 0.15) is 11.5 Å². The third-order valence-corrected chi connectivity index (χ3v) is 4.73. The van der Waals surface area contributed by atoms with Crippen molar-refractivity contribution in [3.63, 3.8) is 0 Å². The van der Waals surface area contributed by atoms with E-state index in [0.29, 0.717) is 10.8 Å². The molecule has 1 aliphatic heterocycles. The molecule has 2 aromatic rings. The summed E-state index contributed by atoms with van der Waals surface area (Å²) in [7, 11) is 1.67. The average Bonchev–Trinajstić information content (AvgIpc) is 3.09. The molecule has 0 aromatic heterocycles. The van der Waals surface area contributed by atoms with E-state index in [1.54, 1.807) is 31.4 Å². The molecule has 1 aliphatic rings. The minimum Gasteiger partial charge on any atom is -0.497 e. The number of hydrogen-bond acceptors (Lipinski definition) is 3. The number of ether oxygens (including phenoxy) is 2. The van der Waals surface area contributed by atoms with Crippen LogP contribution in [0.3, 0.4) is 0 Å². The van der Waals surface area contributed by atoms with Crippen LogP contribution in [0, 0.1) is 0 Å². The highest BCUT2D eigenvalue weighted by Crippen LogP contribution is 2.23. The zero-order chi connectivity index (χ0) is 17.6. The standard InChI is InChI=1S/C20H22ClNO3/c1-24-19-6-2-4-15(13-19)12-17-5-3-11-22(17)20(23)14-25-18-9-7-16(21)8-10-18/h2,4,6-10,13,17H,3,5,11-12,14H2,1H3. The fourth-order valence-electron chi connectivity index (χ4n) is 3.21. The van der Waals surface area contributed by atoms with E-state index in [9.17, 15) is 4.79 Å². The normalized spacial score (nSPS) is 16.7.